The van der Waals surface area contributed by atoms with E-state index in [9.17, 15) is 14.3 Å². The number of nitrogens with one attached hydrogen (secondary N) is 2. The molecule has 4 aliphatic rings. The predicted molar refractivity (Wildman–Crippen MR) is 111 cm³/mol. The summed E-state index contributed by atoms with van der Waals surface area (Å²) in [4.78, 5) is 24.9. The second kappa shape index (κ2) is 7.18. The number of aliphatic carboxylic acids is 1. The van der Waals surface area contributed by atoms with Gasteiger partial charge in [0.05, 0.1) is 23.2 Å². The maximum Gasteiger partial charge on any atom is 0.308 e. The molecular formula is C22H22F2N6O2. The lowest BCUT2D eigenvalue weighted by molar-refractivity contribution is -0.148. The molecule has 2 bridgehead atoms. The highest BCUT2D eigenvalue weighted by Crippen LogP contribution is 2.47. The van der Waals surface area contributed by atoms with Gasteiger partial charge in [-0.1, -0.05) is 0 Å². The number of halogens is 2. The molecule has 0 aromatic carbocycles. The Kier molecular flexibility index (Phi) is 4.38. The van der Waals surface area contributed by atoms with Crippen LogP contribution in [0.25, 0.3) is 22.6 Å². The minimum atomic E-state index is -0.853. The van der Waals surface area contributed by atoms with E-state index >= 15 is 4.39 Å². The summed E-state index contributed by atoms with van der Waals surface area (Å²) in [5.74, 6) is -2.07. The number of aromatic amines is 1. The lowest BCUT2D eigenvalue weighted by atomic mass is 9.61. The molecule has 0 spiro atoms. The largest absolute Gasteiger partial charge is 0.481 e. The van der Waals surface area contributed by atoms with Gasteiger partial charge in [0.25, 0.3) is 0 Å². The Morgan fingerprint density at radius 1 is 1.09 bits per heavy atom. The zero-order valence-corrected chi connectivity index (χ0v) is 17.2. The van der Waals surface area contributed by atoms with Gasteiger partial charge in [0.15, 0.2) is 23.1 Å². The van der Waals surface area contributed by atoms with Crippen molar-refractivity contribution in [3.8, 4) is 11.5 Å². The van der Waals surface area contributed by atoms with Gasteiger partial charge in [-0.25, -0.2) is 23.7 Å². The SMILES string of the molecule is O=C(O)[C@H]1C2CCC(CC2)C1Nc1nc(-c2n[nH]c3ncc(F)cc23)nc(C2CC2)c1F. The van der Waals surface area contributed by atoms with Crippen molar-refractivity contribution in [2.24, 2.45) is 17.8 Å². The number of carbonyl (C=O) groups is 1. The standard InChI is InChI=1S/C22H22F2N6O2/c23-12-7-13-18(29-30-19(13)25-8-12)21-27-17(11-5-6-11)15(24)20(28-21)26-16-10-3-1-9(2-4-10)14(16)22(31)32/h7-11,14,16H,1-6H2,(H,31,32)(H,25,29,30)(H,26,27,28)/t9?,10?,14-,16?/m0/s1. The fraction of sp³-hybridized carbons (Fsp3) is 0.500. The van der Waals surface area contributed by atoms with Crippen LogP contribution >= 0.6 is 0 Å². The van der Waals surface area contributed by atoms with Gasteiger partial charge in [-0.15, -0.1) is 0 Å². The summed E-state index contributed by atoms with van der Waals surface area (Å²) in [6, 6.07) is 0.901. The van der Waals surface area contributed by atoms with Crippen molar-refractivity contribution in [2.45, 2.75) is 50.5 Å². The molecule has 3 aromatic rings. The van der Waals surface area contributed by atoms with Crippen LogP contribution < -0.4 is 5.32 Å². The number of rotatable bonds is 5. The number of anilines is 1. The molecule has 2 atom stereocenters. The Morgan fingerprint density at radius 3 is 2.56 bits per heavy atom. The van der Waals surface area contributed by atoms with E-state index in [-0.39, 0.29) is 41.1 Å². The maximum absolute atomic E-state index is 15.5. The number of carboxylic acid groups (broad SMARTS) is 1. The van der Waals surface area contributed by atoms with Gasteiger partial charge in [0.1, 0.15) is 11.5 Å². The number of hydrogen-bond acceptors (Lipinski definition) is 6. The molecule has 32 heavy (non-hydrogen) atoms. The van der Waals surface area contributed by atoms with Crippen LogP contribution in [-0.2, 0) is 4.79 Å². The Hall–Kier alpha value is -3.17. The number of H-pyrrole nitrogens is 1. The minimum Gasteiger partial charge on any atom is -0.481 e. The summed E-state index contributed by atoms with van der Waals surface area (Å²) in [5, 5.41) is 20.4. The highest BCUT2D eigenvalue weighted by molar-refractivity contribution is 5.88. The Bertz CT molecular complexity index is 1220. The van der Waals surface area contributed by atoms with E-state index in [1.165, 1.54) is 6.07 Å². The maximum atomic E-state index is 15.5. The van der Waals surface area contributed by atoms with E-state index < -0.39 is 23.5 Å². The molecule has 7 rings (SSSR count). The summed E-state index contributed by atoms with van der Waals surface area (Å²) in [6.07, 6.45) is 6.38. The molecule has 4 saturated carbocycles. The van der Waals surface area contributed by atoms with Crippen LogP contribution in [0.3, 0.4) is 0 Å². The zero-order valence-electron chi connectivity index (χ0n) is 17.2. The van der Waals surface area contributed by atoms with Crippen molar-refractivity contribution in [1.29, 1.82) is 0 Å². The third-order valence-corrected chi connectivity index (χ3v) is 7.24. The molecule has 0 amide bonds. The van der Waals surface area contributed by atoms with E-state index in [2.05, 4.69) is 30.5 Å². The van der Waals surface area contributed by atoms with Crippen LogP contribution in [0.15, 0.2) is 12.3 Å². The van der Waals surface area contributed by atoms with E-state index in [1.807, 2.05) is 0 Å². The average Bonchev–Trinajstić information content (AvgIpc) is 3.55. The summed E-state index contributed by atoms with van der Waals surface area (Å²) < 4.78 is 29.3. The topological polar surface area (TPSA) is 117 Å². The normalized spacial score (nSPS) is 27.1. The fourth-order valence-electron chi connectivity index (χ4n) is 5.51. The molecule has 0 aliphatic heterocycles. The van der Waals surface area contributed by atoms with Crippen molar-refractivity contribution < 1.29 is 18.7 Å². The quantitative estimate of drug-likeness (QED) is 0.551. The van der Waals surface area contributed by atoms with Gasteiger partial charge in [-0.3, -0.25) is 9.89 Å². The van der Waals surface area contributed by atoms with Gasteiger partial charge in [0.2, 0.25) is 0 Å². The van der Waals surface area contributed by atoms with Crippen LogP contribution in [0.2, 0.25) is 0 Å². The molecule has 4 aliphatic carbocycles. The molecule has 3 heterocycles. The van der Waals surface area contributed by atoms with E-state index in [0.717, 1.165) is 44.7 Å². The number of nitrogens with zero attached hydrogens (tertiary/aromatic N) is 4. The highest BCUT2D eigenvalue weighted by atomic mass is 19.1. The van der Waals surface area contributed by atoms with Gasteiger partial charge >= 0.3 is 5.97 Å². The molecule has 3 aromatic heterocycles. The number of pyridine rings is 1. The average molecular weight is 440 g/mol. The van der Waals surface area contributed by atoms with Gasteiger partial charge in [-0.05, 0) is 56.4 Å². The van der Waals surface area contributed by atoms with Crippen LogP contribution in [0.4, 0.5) is 14.6 Å². The predicted octanol–water partition coefficient (Wildman–Crippen LogP) is 3.87. The fourth-order valence-corrected chi connectivity index (χ4v) is 5.51. The van der Waals surface area contributed by atoms with Crippen LogP contribution in [-0.4, -0.2) is 42.3 Å². The number of aromatic nitrogens is 5. The first-order valence-corrected chi connectivity index (χ1v) is 11.1. The van der Waals surface area contributed by atoms with Crippen molar-refractivity contribution in [3.63, 3.8) is 0 Å². The zero-order chi connectivity index (χ0) is 22.0. The molecule has 8 nitrogen and oxygen atoms in total. The van der Waals surface area contributed by atoms with Crippen LogP contribution in [0.5, 0.6) is 0 Å². The monoisotopic (exact) mass is 440 g/mol. The Balaban J connectivity index is 1.44. The number of fused-ring (bicyclic) bond motifs is 4. The minimum absolute atomic E-state index is 0.00112. The first-order valence-electron chi connectivity index (χ1n) is 11.1. The van der Waals surface area contributed by atoms with Crippen LogP contribution in [0, 0.1) is 29.4 Å². The van der Waals surface area contributed by atoms with E-state index in [4.69, 9.17) is 0 Å². The molecule has 0 radical (unpaired) electrons. The third kappa shape index (κ3) is 3.11. The molecular weight excluding hydrogens is 418 g/mol. The lowest BCUT2D eigenvalue weighted by Crippen LogP contribution is -2.51. The summed E-state index contributed by atoms with van der Waals surface area (Å²) in [5.41, 5.74) is 0.968. The smallest absolute Gasteiger partial charge is 0.308 e. The lowest BCUT2D eigenvalue weighted by Gasteiger charge is -2.47. The van der Waals surface area contributed by atoms with E-state index in [0.29, 0.717) is 16.7 Å². The van der Waals surface area contributed by atoms with Crippen molar-refractivity contribution in [3.05, 3.63) is 29.6 Å². The molecule has 166 valence electrons. The van der Waals surface area contributed by atoms with Crippen LogP contribution in [0.1, 0.15) is 50.1 Å². The molecule has 3 N–H and O–H groups in total. The van der Waals surface area contributed by atoms with Crippen molar-refractivity contribution in [2.75, 3.05) is 5.32 Å². The van der Waals surface area contributed by atoms with Gasteiger partial charge in [-0.2, -0.15) is 5.10 Å². The molecule has 1 unspecified atom stereocenters. The number of hydrogen-bond donors (Lipinski definition) is 3. The Morgan fingerprint density at radius 2 is 1.84 bits per heavy atom. The number of carboxylic acids is 1. The molecule has 4 fully saturated rings. The second-order valence-corrected chi connectivity index (χ2v) is 9.20. The second-order valence-electron chi connectivity index (χ2n) is 9.20. The van der Waals surface area contributed by atoms with Crippen molar-refractivity contribution >= 4 is 22.8 Å². The molecule has 10 heteroatoms. The summed E-state index contributed by atoms with van der Waals surface area (Å²) in [7, 11) is 0. The first-order chi connectivity index (χ1) is 15.5. The van der Waals surface area contributed by atoms with Gasteiger partial charge in [0, 0.05) is 12.0 Å². The van der Waals surface area contributed by atoms with E-state index in [1.54, 1.807) is 0 Å². The van der Waals surface area contributed by atoms with Gasteiger partial charge < -0.3 is 10.4 Å². The summed E-state index contributed by atoms with van der Waals surface area (Å²) >= 11 is 0. The first kappa shape index (κ1) is 19.5. The molecule has 0 saturated heterocycles. The highest BCUT2D eigenvalue weighted by Gasteiger charge is 2.48. The third-order valence-electron chi connectivity index (χ3n) is 7.24. The summed E-state index contributed by atoms with van der Waals surface area (Å²) in [6.45, 7) is 0. The van der Waals surface area contributed by atoms with Crippen molar-refractivity contribution in [1.82, 2.24) is 25.1 Å². The Labute approximate surface area is 181 Å².